The second-order valence-corrected chi connectivity index (χ2v) is 13.1. The molecular weight excluding hydrogens is 481 g/mol. The lowest BCUT2D eigenvalue weighted by molar-refractivity contribution is -0.161. The van der Waals surface area contributed by atoms with Gasteiger partial charge in [-0.3, -0.25) is 4.57 Å². The molecule has 2 aromatic heterocycles. The molecule has 1 saturated heterocycles. The molecule has 0 bridgehead atoms. The number of imidazole rings is 1. The standard InChI is InChI=1S/C22H33ClN5O5P/c1-11(2)32-34(29,33-12(3)4)8-7-22-9-13(22)15(16-17(22)31-21(5,6)30-16)28-10-25-14-18(24)26-20(23)27-19(14)28/h10-13,15-17H,7-9H2,1-6H3,(H2,24,26,27)/t13-,15-,16+,17+,22+/m1/s1. The number of nitrogen functional groups attached to an aromatic ring is 1. The number of halogens is 1. The molecule has 0 spiro atoms. The van der Waals surface area contributed by atoms with Gasteiger partial charge in [-0.15, -0.1) is 0 Å². The van der Waals surface area contributed by atoms with E-state index in [0.29, 0.717) is 23.7 Å². The van der Waals surface area contributed by atoms with E-state index in [-0.39, 0.29) is 52.9 Å². The molecule has 1 aliphatic heterocycles. The molecule has 2 aliphatic carbocycles. The summed E-state index contributed by atoms with van der Waals surface area (Å²) in [7, 11) is -3.27. The van der Waals surface area contributed by atoms with Gasteiger partial charge in [-0.05, 0) is 71.9 Å². The fraction of sp³-hybridized carbons (Fsp3) is 0.773. The second kappa shape index (κ2) is 8.11. The molecule has 0 amide bonds. The number of hydrogen-bond acceptors (Lipinski definition) is 9. The lowest BCUT2D eigenvalue weighted by Crippen LogP contribution is -2.32. The molecular formula is C22H33ClN5O5P. The largest absolute Gasteiger partial charge is 0.382 e. The Balaban J connectivity index is 1.47. The number of anilines is 1. The molecule has 34 heavy (non-hydrogen) atoms. The molecule has 3 aliphatic rings. The monoisotopic (exact) mass is 513 g/mol. The van der Waals surface area contributed by atoms with Crippen molar-refractivity contribution in [1.29, 1.82) is 0 Å². The van der Waals surface area contributed by atoms with Crippen LogP contribution in [0.25, 0.3) is 11.2 Å². The van der Waals surface area contributed by atoms with Crippen LogP contribution in [0.15, 0.2) is 6.33 Å². The molecule has 0 unspecified atom stereocenters. The highest BCUT2D eigenvalue weighted by molar-refractivity contribution is 7.53. The summed E-state index contributed by atoms with van der Waals surface area (Å²) in [5.41, 5.74) is 6.93. The maximum atomic E-state index is 13.6. The summed E-state index contributed by atoms with van der Waals surface area (Å²) in [4.78, 5) is 12.9. The maximum absolute atomic E-state index is 13.6. The second-order valence-electron chi connectivity index (χ2n) is 10.6. The first-order valence-corrected chi connectivity index (χ1v) is 13.9. The van der Waals surface area contributed by atoms with Crippen LogP contribution in [-0.2, 0) is 23.1 Å². The highest BCUT2D eigenvalue weighted by Gasteiger charge is 2.75. The van der Waals surface area contributed by atoms with Crippen LogP contribution in [0.4, 0.5) is 5.82 Å². The fourth-order valence-electron chi connectivity index (χ4n) is 5.88. The van der Waals surface area contributed by atoms with E-state index in [0.717, 1.165) is 6.42 Å². The van der Waals surface area contributed by atoms with Crippen molar-refractivity contribution >= 4 is 36.2 Å². The zero-order chi connectivity index (χ0) is 24.6. The van der Waals surface area contributed by atoms with Gasteiger partial charge in [-0.2, -0.15) is 9.97 Å². The Morgan fingerprint density at radius 2 is 1.91 bits per heavy atom. The van der Waals surface area contributed by atoms with Gasteiger partial charge in [0.1, 0.15) is 11.6 Å². The van der Waals surface area contributed by atoms with Gasteiger partial charge < -0.3 is 28.8 Å². The summed E-state index contributed by atoms with van der Waals surface area (Å²) in [5, 5.41) is 0.0740. The number of nitrogens with zero attached hydrogens (tertiary/aromatic N) is 4. The van der Waals surface area contributed by atoms with E-state index in [9.17, 15) is 4.57 Å². The van der Waals surface area contributed by atoms with Gasteiger partial charge in [-0.25, -0.2) is 4.98 Å². The molecule has 5 rings (SSSR count). The molecule has 2 saturated carbocycles. The third-order valence-electron chi connectivity index (χ3n) is 6.96. The Morgan fingerprint density at radius 1 is 1.24 bits per heavy atom. The number of hydrogen-bond donors (Lipinski definition) is 1. The van der Waals surface area contributed by atoms with Crippen LogP contribution >= 0.6 is 19.2 Å². The number of aromatic nitrogens is 4. The van der Waals surface area contributed by atoms with Crippen LogP contribution < -0.4 is 5.73 Å². The summed E-state index contributed by atoms with van der Waals surface area (Å²) in [6, 6.07) is -0.0708. The topological polar surface area (TPSA) is 124 Å². The third-order valence-corrected chi connectivity index (χ3v) is 9.39. The van der Waals surface area contributed by atoms with Crippen molar-refractivity contribution in [2.24, 2.45) is 11.3 Å². The number of ether oxygens (including phenoxy) is 2. The van der Waals surface area contributed by atoms with Gasteiger partial charge in [0.25, 0.3) is 0 Å². The minimum Gasteiger partial charge on any atom is -0.382 e. The van der Waals surface area contributed by atoms with E-state index in [1.165, 1.54) is 0 Å². The van der Waals surface area contributed by atoms with Gasteiger partial charge >= 0.3 is 7.60 Å². The first-order chi connectivity index (χ1) is 15.8. The van der Waals surface area contributed by atoms with Gasteiger partial charge in [0, 0.05) is 5.41 Å². The van der Waals surface area contributed by atoms with Gasteiger partial charge in [0.15, 0.2) is 17.3 Å². The van der Waals surface area contributed by atoms with Gasteiger partial charge in [0.2, 0.25) is 5.28 Å². The molecule has 2 aromatic rings. The first-order valence-electron chi connectivity index (χ1n) is 11.8. The summed E-state index contributed by atoms with van der Waals surface area (Å²) in [6.07, 6.45) is 2.85. The zero-order valence-electron chi connectivity index (χ0n) is 20.4. The maximum Gasteiger partial charge on any atom is 0.331 e. The quantitative estimate of drug-likeness (QED) is 0.399. The molecule has 188 valence electrons. The van der Waals surface area contributed by atoms with Crippen LogP contribution in [-0.4, -0.2) is 55.9 Å². The molecule has 0 aromatic carbocycles. The summed E-state index contributed by atoms with van der Waals surface area (Å²) in [6.45, 7) is 11.3. The van der Waals surface area contributed by atoms with Crippen LogP contribution in [0.3, 0.4) is 0 Å². The van der Waals surface area contributed by atoms with Crippen molar-refractivity contribution in [3.8, 4) is 0 Å². The molecule has 5 atom stereocenters. The van der Waals surface area contributed by atoms with Crippen molar-refractivity contribution < 1.29 is 23.1 Å². The average Bonchev–Trinajstić information content (AvgIpc) is 2.95. The predicted octanol–water partition coefficient (Wildman–Crippen LogP) is 4.58. The predicted molar refractivity (Wildman–Crippen MR) is 128 cm³/mol. The molecule has 2 N–H and O–H groups in total. The van der Waals surface area contributed by atoms with Crippen LogP contribution in [0.1, 0.15) is 60.4 Å². The highest BCUT2D eigenvalue weighted by atomic mass is 35.5. The Kier molecular flexibility index (Phi) is 5.82. The van der Waals surface area contributed by atoms with Crippen LogP contribution in [0, 0.1) is 11.3 Å². The van der Waals surface area contributed by atoms with Crippen molar-refractivity contribution in [2.75, 3.05) is 11.9 Å². The fourth-order valence-corrected chi connectivity index (χ4v) is 8.29. The smallest absolute Gasteiger partial charge is 0.331 e. The van der Waals surface area contributed by atoms with Crippen LogP contribution in [0.5, 0.6) is 0 Å². The molecule has 12 heteroatoms. The summed E-state index contributed by atoms with van der Waals surface area (Å²) < 4.78 is 40.0. The van der Waals surface area contributed by atoms with Crippen LogP contribution in [0.2, 0.25) is 5.28 Å². The SMILES string of the molecule is CC(C)OP(=O)(CC[C@]12C[C@@H]1[C@@H](n1cnc3c(N)nc(Cl)nc31)[C@@H]1OC(C)(C)O[C@@H]12)OC(C)C. The van der Waals surface area contributed by atoms with E-state index in [1.54, 1.807) is 6.33 Å². The molecule has 3 heterocycles. The van der Waals surface area contributed by atoms with E-state index in [1.807, 2.05) is 46.1 Å². The number of nitrogens with two attached hydrogens (primary N) is 1. The molecule has 0 radical (unpaired) electrons. The molecule has 3 fully saturated rings. The summed E-state index contributed by atoms with van der Waals surface area (Å²) >= 11 is 6.11. The molecule has 10 nitrogen and oxygen atoms in total. The minimum atomic E-state index is -3.27. The lowest BCUT2D eigenvalue weighted by atomic mass is 9.96. The van der Waals surface area contributed by atoms with Crippen molar-refractivity contribution in [3.63, 3.8) is 0 Å². The Labute approximate surface area is 204 Å². The van der Waals surface area contributed by atoms with E-state index >= 15 is 0 Å². The summed E-state index contributed by atoms with van der Waals surface area (Å²) in [5.74, 6) is -0.257. The highest BCUT2D eigenvalue weighted by Crippen LogP contribution is 2.74. The Morgan fingerprint density at radius 3 is 2.56 bits per heavy atom. The van der Waals surface area contributed by atoms with E-state index in [4.69, 9.17) is 35.9 Å². The van der Waals surface area contributed by atoms with Gasteiger partial charge in [0.05, 0.1) is 36.8 Å². The Bertz CT molecular complexity index is 1140. The van der Waals surface area contributed by atoms with Gasteiger partial charge in [-0.1, -0.05) is 0 Å². The third kappa shape index (κ3) is 4.06. The Hall–Kier alpha value is -1.29. The van der Waals surface area contributed by atoms with Crippen molar-refractivity contribution in [2.45, 2.75) is 90.6 Å². The normalized spacial score (nSPS) is 32.0. The lowest BCUT2D eigenvalue weighted by Gasteiger charge is -2.27. The minimum absolute atomic E-state index is 0.0708. The zero-order valence-corrected chi connectivity index (χ0v) is 22.0. The first kappa shape index (κ1) is 24.4. The van der Waals surface area contributed by atoms with E-state index < -0.39 is 13.4 Å². The van der Waals surface area contributed by atoms with E-state index in [2.05, 4.69) is 15.0 Å². The number of rotatable bonds is 8. The van der Waals surface area contributed by atoms with Crippen molar-refractivity contribution in [1.82, 2.24) is 19.5 Å². The average molecular weight is 514 g/mol. The van der Waals surface area contributed by atoms with Crippen molar-refractivity contribution in [3.05, 3.63) is 11.6 Å². The number of fused-ring (bicyclic) bond motifs is 4.